The monoisotopic (exact) mass is 460 g/mol. The molecular weight excluding hydrogens is 438 g/mol. The highest BCUT2D eigenvalue weighted by atomic mass is 35.5. The molecule has 1 aliphatic heterocycles. The Labute approximate surface area is 190 Å². The Balaban J connectivity index is 1.51. The number of aromatic nitrogens is 2. The smallest absolute Gasteiger partial charge is 0.166 e. The molecule has 31 heavy (non-hydrogen) atoms. The SMILES string of the molecule is COc1cc2c(Nc3ccc(Cl)c(Cl)c3F)ncnc2cc1C1CC2CN(C)CC2C1. The summed E-state index contributed by atoms with van der Waals surface area (Å²) in [5, 5.41) is 3.83. The largest absolute Gasteiger partial charge is 0.496 e. The van der Waals surface area contributed by atoms with E-state index in [0.717, 1.165) is 28.5 Å². The van der Waals surface area contributed by atoms with Gasteiger partial charge in [0.25, 0.3) is 0 Å². The maximum absolute atomic E-state index is 14.6. The predicted molar refractivity (Wildman–Crippen MR) is 122 cm³/mol. The van der Waals surface area contributed by atoms with E-state index in [4.69, 9.17) is 27.9 Å². The van der Waals surface area contributed by atoms with Crippen LogP contribution in [-0.2, 0) is 0 Å². The molecule has 1 aliphatic carbocycles. The van der Waals surface area contributed by atoms with Crippen LogP contribution in [0.2, 0.25) is 10.0 Å². The summed E-state index contributed by atoms with van der Waals surface area (Å²) in [6.07, 6.45) is 3.82. The number of hydrogen-bond donors (Lipinski definition) is 1. The summed E-state index contributed by atoms with van der Waals surface area (Å²) >= 11 is 11.9. The lowest BCUT2D eigenvalue weighted by Crippen LogP contribution is -2.16. The Morgan fingerprint density at radius 1 is 1.13 bits per heavy atom. The van der Waals surface area contributed by atoms with Gasteiger partial charge in [-0.25, -0.2) is 14.4 Å². The molecule has 2 heterocycles. The second kappa shape index (κ2) is 8.08. The maximum Gasteiger partial charge on any atom is 0.166 e. The molecule has 1 saturated carbocycles. The highest BCUT2D eigenvalue weighted by Crippen LogP contribution is 2.48. The van der Waals surface area contributed by atoms with Crippen molar-refractivity contribution in [3.63, 3.8) is 0 Å². The van der Waals surface area contributed by atoms with Gasteiger partial charge in [0.05, 0.1) is 28.4 Å². The van der Waals surface area contributed by atoms with Crippen molar-refractivity contribution in [1.82, 2.24) is 14.9 Å². The predicted octanol–water partition coefficient (Wildman–Crippen LogP) is 5.88. The molecule has 2 fully saturated rings. The fourth-order valence-electron chi connectivity index (χ4n) is 5.23. The lowest BCUT2D eigenvalue weighted by molar-refractivity contribution is 0.366. The fourth-order valence-corrected chi connectivity index (χ4v) is 5.54. The van der Waals surface area contributed by atoms with Gasteiger partial charge in [0.1, 0.15) is 17.9 Å². The number of nitrogens with one attached hydrogen (secondary N) is 1. The average Bonchev–Trinajstić information content (AvgIpc) is 3.30. The zero-order chi connectivity index (χ0) is 21.7. The Morgan fingerprint density at radius 3 is 2.58 bits per heavy atom. The van der Waals surface area contributed by atoms with Crippen molar-refractivity contribution in [2.75, 3.05) is 32.6 Å². The van der Waals surface area contributed by atoms with Gasteiger partial charge in [-0.3, -0.25) is 0 Å². The van der Waals surface area contributed by atoms with E-state index >= 15 is 0 Å². The molecule has 5 nitrogen and oxygen atoms in total. The summed E-state index contributed by atoms with van der Waals surface area (Å²) in [5.41, 5.74) is 2.19. The quantitative estimate of drug-likeness (QED) is 0.492. The Kier molecular flexibility index (Phi) is 5.40. The number of ether oxygens (including phenoxy) is 1. The summed E-state index contributed by atoms with van der Waals surface area (Å²) in [7, 11) is 3.88. The number of likely N-dealkylation sites (tertiary alicyclic amines) is 1. The highest BCUT2D eigenvalue weighted by Gasteiger charge is 2.41. The van der Waals surface area contributed by atoms with Crippen molar-refractivity contribution < 1.29 is 9.13 Å². The van der Waals surface area contributed by atoms with Crippen LogP contribution in [0.3, 0.4) is 0 Å². The third kappa shape index (κ3) is 3.71. The molecular formula is C23H23Cl2FN4O. The standard InChI is InChI=1S/C23H23Cl2FN4O/c1-30-9-13-5-12(6-14(13)10-30)15-7-19-16(8-20(15)31-2)23(28-11-27-19)29-18-4-3-17(24)21(25)22(18)26/h3-4,7-8,11-14H,5-6,9-10H2,1-2H3,(H,27,28,29). The Morgan fingerprint density at radius 2 is 1.87 bits per heavy atom. The molecule has 2 aromatic carbocycles. The number of rotatable bonds is 4. The molecule has 0 spiro atoms. The van der Waals surface area contributed by atoms with Crippen LogP contribution in [0.15, 0.2) is 30.6 Å². The van der Waals surface area contributed by atoms with Crippen molar-refractivity contribution >= 4 is 45.6 Å². The average molecular weight is 461 g/mol. The van der Waals surface area contributed by atoms with Gasteiger partial charge in [0.15, 0.2) is 5.82 Å². The first-order valence-corrected chi connectivity index (χ1v) is 11.1. The molecule has 5 rings (SSSR count). The van der Waals surface area contributed by atoms with Crippen LogP contribution < -0.4 is 10.1 Å². The highest BCUT2D eigenvalue weighted by molar-refractivity contribution is 6.42. The lowest BCUT2D eigenvalue weighted by atomic mass is 9.93. The number of methoxy groups -OCH3 is 1. The van der Waals surface area contributed by atoms with Crippen LogP contribution in [0.4, 0.5) is 15.9 Å². The molecule has 0 radical (unpaired) electrons. The summed E-state index contributed by atoms with van der Waals surface area (Å²) in [4.78, 5) is 11.2. The molecule has 3 aromatic rings. The molecule has 162 valence electrons. The van der Waals surface area contributed by atoms with E-state index in [0.29, 0.717) is 11.7 Å². The number of benzene rings is 2. The topological polar surface area (TPSA) is 50.3 Å². The number of fused-ring (bicyclic) bond motifs is 2. The first-order chi connectivity index (χ1) is 14.9. The van der Waals surface area contributed by atoms with Crippen LogP contribution in [-0.4, -0.2) is 42.1 Å². The Hall–Kier alpha value is -2.15. The van der Waals surface area contributed by atoms with Crippen LogP contribution >= 0.6 is 23.2 Å². The van der Waals surface area contributed by atoms with Gasteiger partial charge in [-0.15, -0.1) is 0 Å². The number of hydrogen-bond acceptors (Lipinski definition) is 5. The molecule has 2 aliphatic rings. The zero-order valence-corrected chi connectivity index (χ0v) is 18.8. The van der Waals surface area contributed by atoms with E-state index in [9.17, 15) is 4.39 Å². The van der Waals surface area contributed by atoms with E-state index < -0.39 is 5.82 Å². The molecule has 0 bridgehead atoms. The van der Waals surface area contributed by atoms with Gasteiger partial charge in [0, 0.05) is 18.5 Å². The van der Waals surface area contributed by atoms with Crippen molar-refractivity contribution in [3.05, 3.63) is 52.0 Å². The molecule has 1 saturated heterocycles. The van der Waals surface area contributed by atoms with Crippen molar-refractivity contribution in [3.8, 4) is 5.75 Å². The minimum Gasteiger partial charge on any atom is -0.496 e. The molecule has 2 atom stereocenters. The first kappa shape index (κ1) is 20.7. The van der Waals surface area contributed by atoms with Gasteiger partial charge in [-0.2, -0.15) is 0 Å². The van der Waals surface area contributed by atoms with Gasteiger partial charge in [-0.1, -0.05) is 23.2 Å². The summed E-state index contributed by atoms with van der Waals surface area (Å²) < 4.78 is 20.3. The summed E-state index contributed by atoms with van der Waals surface area (Å²) in [6, 6.07) is 7.13. The van der Waals surface area contributed by atoms with Crippen LogP contribution in [0.1, 0.15) is 24.3 Å². The zero-order valence-electron chi connectivity index (χ0n) is 17.3. The van der Waals surface area contributed by atoms with Crippen molar-refractivity contribution in [2.24, 2.45) is 11.8 Å². The van der Waals surface area contributed by atoms with E-state index in [1.807, 2.05) is 6.07 Å². The van der Waals surface area contributed by atoms with Gasteiger partial charge < -0.3 is 15.0 Å². The second-order valence-electron chi connectivity index (χ2n) is 8.59. The maximum atomic E-state index is 14.6. The van der Waals surface area contributed by atoms with Crippen LogP contribution in [0, 0.1) is 17.7 Å². The third-order valence-electron chi connectivity index (χ3n) is 6.65. The minimum atomic E-state index is -0.619. The molecule has 1 N–H and O–H groups in total. The van der Waals surface area contributed by atoms with Crippen LogP contribution in [0.5, 0.6) is 5.75 Å². The number of nitrogens with zero attached hydrogens (tertiary/aromatic N) is 3. The molecule has 8 heteroatoms. The van der Waals surface area contributed by atoms with E-state index in [1.54, 1.807) is 13.2 Å². The fraction of sp³-hybridized carbons (Fsp3) is 0.391. The molecule has 2 unspecified atom stereocenters. The molecule has 0 amide bonds. The second-order valence-corrected chi connectivity index (χ2v) is 9.38. The van der Waals surface area contributed by atoms with Crippen molar-refractivity contribution in [1.29, 1.82) is 0 Å². The lowest BCUT2D eigenvalue weighted by Gasteiger charge is -2.19. The molecule has 1 aromatic heterocycles. The minimum absolute atomic E-state index is 0.123. The van der Waals surface area contributed by atoms with Gasteiger partial charge in [0.2, 0.25) is 0 Å². The Bertz CT molecular complexity index is 1140. The van der Waals surface area contributed by atoms with Gasteiger partial charge >= 0.3 is 0 Å². The van der Waals surface area contributed by atoms with E-state index in [2.05, 4.69) is 33.3 Å². The van der Waals surface area contributed by atoms with Gasteiger partial charge in [-0.05, 0) is 67.5 Å². The third-order valence-corrected chi connectivity index (χ3v) is 7.43. The van der Waals surface area contributed by atoms with Crippen LogP contribution in [0.25, 0.3) is 10.9 Å². The summed E-state index contributed by atoms with van der Waals surface area (Å²) in [6.45, 7) is 2.34. The van der Waals surface area contributed by atoms with E-state index in [1.165, 1.54) is 43.9 Å². The number of halogens is 3. The van der Waals surface area contributed by atoms with Crippen molar-refractivity contribution in [2.45, 2.75) is 18.8 Å². The van der Waals surface area contributed by atoms with E-state index in [-0.39, 0.29) is 15.7 Å². The first-order valence-electron chi connectivity index (χ1n) is 10.4. The normalized spacial score (nSPS) is 23.3. The number of anilines is 2. The summed E-state index contributed by atoms with van der Waals surface area (Å²) in [5.74, 6) is 2.63.